The Morgan fingerprint density at radius 3 is 2.43 bits per heavy atom. The van der Waals surface area contributed by atoms with E-state index in [2.05, 4.69) is 0 Å². The van der Waals surface area contributed by atoms with Gasteiger partial charge in [0.25, 0.3) is 0 Å². The molecular formula is C5H7AlO. The summed E-state index contributed by atoms with van der Waals surface area (Å²) >= 11 is 1.03. The minimum Gasteiger partial charge on any atom is -0.486 e. The SMILES string of the molecule is Cc1cc[c]([AlH2])o1. The Bertz CT molecular complexity index is 140. The summed E-state index contributed by atoms with van der Waals surface area (Å²) in [5.74, 6) is 1.02. The third kappa shape index (κ3) is 1.09. The van der Waals surface area contributed by atoms with Crippen LogP contribution in [0.1, 0.15) is 5.76 Å². The van der Waals surface area contributed by atoms with Crippen LogP contribution in [0.15, 0.2) is 16.5 Å². The average Bonchev–Trinajstić information content (AvgIpc) is 1.87. The van der Waals surface area contributed by atoms with Crippen LogP contribution in [0.4, 0.5) is 0 Å². The maximum atomic E-state index is 5.15. The van der Waals surface area contributed by atoms with Crippen molar-refractivity contribution in [1.82, 2.24) is 0 Å². The molecule has 0 aliphatic heterocycles. The summed E-state index contributed by atoms with van der Waals surface area (Å²) in [6.07, 6.45) is 0. The Morgan fingerprint density at radius 1 is 1.57 bits per heavy atom. The lowest BCUT2D eigenvalue weighted by Gasteiger charge is -1.77. The molecule has 0 aromatic carbocycles. The van der Waals surface area contributed by atoms with Gasteiger partial charge in [-0.2, -0.15) is 0 Å². The summed E-state index contributed by atoms with van der Waals surface area (Å²) in [6, 6.07) is 4.00. The Labute approximate surface area is 50.8 Å². The van der Waals surface area contributed by atoms with Gasteiger partial charge in [0.15, 0.2) is 0 Å². The van der Waals surface area contributed by atoms with Gasteiger partial charge >= 0.3 is 16.3 Å². The lowest BCUT2D eigenvalue weighted by atomic mass is 10.5. The molecule has 2 heteroatoms. The second-order valence-electron chi connectivity index (χ2n) is 1.66. The van der Waals surface area contributed by atoms with Crippen LogP contribution in [0, 0.1) is 6.92 Å². The van der Waals surface area contributed by atoms with Crippen LogP contribution in [0.25, 0.3) is 0 Å². The summed E-state index contributed by atoms with van der Waals surface area (Å²) in [4.78, 5) is 0. The van der Waals surface area contributed by atoms with Crippen molar-refractivity contribution >= 4 is 20.9 Å². The van der Waals surface area contributed by atoms with E-state index in [-0.39, 0.29) is 0 Å². The predicted octanol–water partition coefficient (Wildman–Crippen LogP) is -0.154. The molecule has 1 nitrogen and oxygen atoms in total. The Hall–Kier alpha value is -0.188. The molecule has 0 N–H and O–H groups in total. The number of aryl methyl sites for hydroxylation is 1. The lowest BCUT2D eigenvalue weighted by Crippen LogP contribution is -1.92. The molecular weight excluding hydrogens is 103 g/mol. The predicted molar refractivity (Wildman–Crippen MR) is 31.6 cm³/mol. The van der Waals surface area contributed by atoms with Gasteiger partial charge in [-0.05, 0) is 19.1 Å². The zero-order valence-electron chi connectivity index (χ0n) is 4.56. The van der Waals surface area contributed by atoms with E-state index in [0.717, 1.165) is 26.7 Å². The summed E-state index contributed by atoms with van der Waals surface area (Å²) in [7, 11) is 0. The second kappa shape index (κ2) is 1.73. The first-order valence-electron chi connectivity index (χ1n) is 2.32. The van der Waals surface area contributed by atoms with Crippen LogP contribution >= 0.6 is 0 Å². The van der Waals surface area contributed by atoms with E-state index in [1.54, 1.807) is 0 Å². The van der Waals surface area contributed by atoms with Crippen molar-refractivity contribution in [1.29, 1.82) is 0 Å². The molecule has 0 atom stereocenters. The van der Waals surface area contributed by atoms with Gasteiger partial charge in [0.2, 0.25) is 0 Å². The van der Waals surface area contributed by atoms with E-state index >= 15 is 0 Å². The molecule has 36 valence electrons. The van der Waals surface area contributed by atoms with Crippen molar-refractivity contribution < 1.29 is 4.42 Å². The van der Waals surface area contributed by atoms with Crippen molar-refractivity contribution in [2.75, 3.05) is 0 Å². The minimum absolute atomic E-state index is 1.02. The van der Waals surface area contributed by atoms with Crippen LogP contribution in [-0.4, -0.2) is 16.3 Å². The van der Waals surface area contributed by atoms with Gasteiger partial charge in [0.05, 0.1) is 5.76 Å². The second-order valence-corrected chi connectivity index (χ2v) is 2.64. The first kappa shape index (κ1) is 4.96. The lowest BCUT2D eigenvalue weighted by molar-refractivity contribution is 0.566. The van der Waals surface area contributed by atoms with Gasteiger partial charge in [-0.25, -0.2) is 0 Å². The van der Waals surface area contributed by atoms with Crippen molar-refractivity contribution in [2.24, 2.45) is 0 Å². The number of rotatable bonds is 0. The fraction of sp³-hybridized carbons (Fsp3) is 0.200. The standard InChI is InChI=1S/C5H5O.Al.2H/c1-5-3-2-4-6-5;;;/h2-3H,1H3;;;. The van der Waals surface area contributed by atoms with Crippen LogP contribution in [0.5, 0.6) is 0 Å². The first-order valence-corrected chi connectivity index (χ1v) is 3.32. The van der Waals surface area contributed by atoms with Crippen molar-refractivity contribution in [3.63, 3.8) is 0 Å². The average molecular weight is 110 g/mol. The van der Waals surface area contributed by atoms with Crippen LogP contribution in [0.3, 0.4) is 0 Å². The smallest absolute Gasteiger partial charge is 0.318 e. The number of furan rings is 1. The van der Waals surface area contributed by atoms with Gasteiger partial charge in [-0.3, -0.25) is 0 Å². The van der Waals surface area contributed by atoms with Crippen molar-refractivity contribution in [2.45, 2.75) is 6.92 Å². The van der Waals surface area contributed by atoms with E-state index in [4.69, 9.17) is 4.42 Å². The van der Waals surface area contributed by atoms with E-state index < -0.39 is 0 Å². The molecule has 1 rings (SSSR count). The van der Waals surface area contributed by atoms with Crippen LogP contribution in [0.2, 0.25) is 0 Å². The van der Waals surface area contributed by atoms with Gasteiger partial charge < -0.3 is 4.42 Å². The quantitative estimate of drug-likeness (QED) is 0.423. The van der Waals surface area contributed by atoms with E-state index in [1.165, 1.54) is 0 Å². The minimum atomic E-state index is 1.02. The third-order valence-corrected chi connectivity index (χ3v) is 1.41. The highest BCUT2D eigenvalue weighted by Gasteiger charge is 1.85. The summed E-state index contributed by atoms with van der Waals surface area (Å²) in [5.41, 5.74) is 0. The Kier molecular flexibility index (Phi) is 1.23. The third-order valence-electron chi connectivity index (χ3n) is 0.875. The summed E-state index contributed by atoms with van der Waals surface area (Å²) in [6.45, 7) is 1.96. The topological polar surface area (TPSA) is 13.1 Å². The normalized spacial score (nSPS) is 9.29. The van der Waals surface area contributed by atoms with Crippen molar-refractivity contribution in [3.05, 3.63) is 17.9 Å². The zero-order chi connectivity index (χ0) is 5.28. The maximum absolute atomic E-state index is 5.15. The molecule has 0 amide bonds. The molecule has 0 saturated carbocycles. The number of hydrogen-bond donors (Lipinski definition) is 0. The largest absolute Gasteiger partial charge is 0.486 e. The van der Waals surface area contributed by atoms with Gasteiger partial charge in [-0.1, -0.05) is 0 Å². The summed E-state index contributed by atoms with van der Waals surface area (Å²) in [5, 5.41) is 0. The maximum Gasteiger partial charge on any atom is 0.318 e. The molecule has 0 unspecified atom stereocenters. The highest BCUT2D eigenvalue weighted by Crippen LogP contribution is 1.90. The molecule has 0 saturated heterocycles. The molecule has 0 fully saturated rings. The highest BCUT2D eigenvalue weighted by molar-refractivity contribution is 6.29. The molecule has 0 aliphatic carbocycles. The van der Waals surface area contributed by atoms with E-state index in [1.807, 2.05) is 19.1 Å². The van der Waals surface area contributed by atoms with Gasteiger partial charge in [-0.15, -0.1) is 0 Å². The Balaban J connectivity index is 3.04. The molecule has 0 bridgehead atoms. The fourth-order valence-corrected chi connectivity index (χ4v) is 1.05. The highest BCUT2D eigenvalue weighted by atomic mass is 27.0. The molecule has 0 spiro atoms. The van der Waals surface area contributed by atoms with Gasteiger partial charge in [0, 0.05) is 4.62 Å². The Morgan fingerprint density at radius 2 is 2.29 bits per heavy atom. The molecule has 0 aliphatic rings. The van der Waals surface area contributed by atoms with Crippen molar-refractivity contribution in [3.8, 4) is 0 Å². The molecule has 0 radical (unpaired) electrons. The zero-order valence-corrected chi connectivity index (χ0v) is 6.56. The van der Waals surface area contributed by atoms with Crippen LogP contribution < -0.4 is 4.62 Å². The summed E-state index contributed by atoms with van der Waals surface area (Å²) < 4.78 is 6.27. The van der Waals surface area contributed by atoms with Crippen LogP contribution in [-0.2, 0) is 0 Å². The molecule has 1 aromatic heterocycles. The fourth-order valence-electron chi connectivity index (χ4n) is 0.557. The molecule has 1 heterocycles. The molecule has 7 heavy (non-hydrogen) atoms. The van der Waals surface area contributed by atoms with Gasteiger partial charge in [0.1, 0.15) is 0 Å². The van der Waals surface area contributed by atoms with E-state index in [9.17, 15) is 0 Å². The monoisotopic (exact) mass is 110 g/mol. The van der Waals surface area contributed by atoms with E-state index in [0.29, 0.717) is 0 Å². The number of hydrogen-bond acceptors (Lipinski definition) is 1. The first-order chi connectivity index (χ1) is 3.29. The molecule has 1 aromatic rings.